The van der Waals surface area contributed by atoms with E-state index in [1.165, 1.54) is 0 Å². The maximum absolute atomic E-state index is 13.3. The molecule has 0 atom stereocenters. The second-order valence-corrected chi connectivity index (χ2v) is 5.79. The van der Waals surface area contributed by atoms with Crippen molar-refractivity contribution in [1.82, 2.24) is 4.90 Å². The van der Waals surface area contributed by atoms with Crippen molar-refractivity contribution in [1.29, 1.82) is 0 Å². The predicted octanol–water partition coefficient (Wildman–Crippen LogP) is 3.36. The van der Waals surface area contributed by atoms with Gasteiger partial charge in [-0.1, -0.05) is 0 Å². The molecule has 1 heterocycles. The Bertz CT molecular complexity index is 544. The zero-order chi connectivity index (χ0) is 22.0. The molecule has 1 aliphatic heterocycles. The minimum absolute atomic E-state index is 0.0908. The number of nitrogens with zero attached hydrogens (tertiary/aromatic N) is 1. The van der Waals surface area contributed by atoms with Gasteiger partial charge in [-0.15, -0.1) is 0 Å². The third kappa shape index (κ3) is 4.78. The summed E-state index contributed by atoms with van der Waals surface area (Å²) in [4.78, 5) is 12.9. The normalized spacial score (nSPS) is 18.2. The molecule has 1 rings (SSSR count). The number of alkyl halides is 11. The number of carbonyl (C=O) groups excluding carboxylic acids is 1. The maximum atomic E-state index is 13.3. The topological polar surface area (TPSA) is 38.8 Å². The van der Waals surface area contributed by atoms with E-state index >= 15 is 0 Å². The van der Waals surface area contributed by atoms with E-state index in [-0.39, 0.29) is 6.54 Å². The molecule has 0 aliphatic carbocycles. The Hall–Kier alpha value is -1.38. The quantitative estimate of drug-likeness (QED) is 0.428. The van der Waals surface area contributed by atoms with Gasteiger partial charge in [0.1, 0.15) is 0 Å². The highest BCUT2D eigenvalue weighted by Crippen LogP contribution is 2.57. The van der Waals surface area contributed by atoms with Crippen molar-refractivity contribution in [2.75, 3.05) is 39.5 Å². The lowest BCUT2D eigenvalue weighted by Gasteiger charge is -2.36. The van der Waals surface area contributed by atoms with Crippen LogP contribution in [0.2, 0.25) is 0 Å². The molecule has 0 N–H and O–H groups in total. The van der Waals surface area contributed by atoms with E-state index < -0.39 is 48.9 Å². The minimum atomic E-state index is -7.51. The fourth-order valence-electron chi connectivity index (χ4n) is 2.01. The van der Waals surface area contributed by atoms with E-state index in [9.17, 15) is 53.1 Å². The summed E-state index contributed by atoms with van der Waals surface area (Å²) in [6.45, 7) is -1.62. The van der Waals surface area contributed by atoms with Crippen LogP contribution in [0.25, 0.3) is 0 Å². The monoisotopic (exact) mass is 441 g/mol. The summed E-state index contributed by atoms with van der Waals surface area (Å²) in [7, 11) is 0. The Morgan fingerprint density at radius 2 is 1.32 bits per heavy atom. The predicted molar refractivity (Wildman–Crippen MR) is 68.7 cm³/mol. The zero-order valence-corrected chi connectivity index (χ0v) is 13.8. The molecule has 0 aromatic carbocycles. The third-order valence-corrected chi connectivity index (χ3v) is 3.75. The molecular weight excluding hydrogens is 427 g/mol. The lowest BCUT2D eigenvalue weighted by molar-refractivity contribution is -0.423. The molecule has 4 nitrogen and oxygen atoms in total. The van der Waals surface area contributed by atoms with Crippen LogP contribution in [0.1, 0.15) is 6.42 Å². The van der Waals surface area contributed by atoms with E-state index in [1.807, 2.05) is 0 Å². The Balaban J connectivity index is 2.76. The average molecular weight is 441 g/mol. The van der Waals surface area contributed by atoms with Crippen LogP contribution in [0.15, 0.2) is 0 Å². The highest BCUT2D eigenvalue weighted by Gasteiger charge is 2.87. The van der Waals surface area contributed by atoms with Crippen molar-refractivity contribution in [2.45, 2.75) is 36.3 Å². The number of hydrogen-bond acceptors (Lipinski definition) is 4. The molecule has 28 heavy (non-hydrogen) atoms. The number of ether oxygens (including phenoxy) is 2. The summed E-state index contributed by atoms with van der Waals surface area (Å²) in [6.07, 6.45) is -7.87. The number of rotatable bonds is 8. The van der Waals surface area contributed by atoms with Crippen LogP contribution in [0.4, 0.5) is 48.3 Å². The molecule has 0 unspecified atom stereocenters. The number of morpholine rings is 1. The SMILES string of the molecule is O=C(CCN1CCOCC1)OCC(F)(F)C(F)(F)C(F)(F)C(F)(F)C(F)(F)F. The van der Waals surface area contributed by atoms with E-state index in [0.717, 1.165) is 0 Å². The first-order chi connectivity index (χ1) is 12.5. The Kier molecular flexibility index (Phi) is 7.19. The van der Waals surface area contributed by atoms with E-state index in [4.69, 9.17) is 4.74 Å². The minimum Gasteiger partial charge on any atom is -0.459 e. The van der Waals surface area contributed by atoms with E-state index in [0.29, 0.717) is 26.3 Å². The third-order valence-electron chi connectivity index (χ3n) is 3.75. The second-order valence-electron chi connectivity index (χ2n) is 5.79. The van der Waals surface area contributed by atoms with Gasteiger partial charge in [0.2, 0.25) is 0 Å². The molecule has 1 aliphatic rings. The molecule has 1 saturated heterocycles. The molecule has 0 spiro atoms. The highest BCUT2D eigenvalue weighted by molar-refractivity contribution is 5.69. The largest absolute Gasteiger partial charge is 0.460 e. The fourth-order valence-corrected chi connectivity index (χ4v) is 2.01. The molecule has 0 saturated carbocycles. The van der Waals surface area contributed by atoms with Gasteiger partial charge in [-0.25, -0.2) is 0 Å². The number of esters is 1. The Morgan fingerprint density at radius 1 is 0.821 bits per heavy atom. The fraction of sp³-hybridized carbons (Fsp3) is 0.923. The van der Waals surface area contributed by atoms with Crippen LogP contribution < -0.4 is 0 Å². The van der Waals surface area contributed by atoms with Crippen LogP contribution in [0.5, 0.6) is 0 Å². The molecule has 0 radical (unpaired) electrons. The van der Waals surface area contributed by atoms with Crippen LogP contribution in [0.3, 0.4) is 0 Å². The number of carbonyl (C=O) groups is 1. The first kappa shape index (κ1) is 24.7. The van der Waals surface area contributed by atoms with Crippen LogP contribution >= 0.6 is 0 Å². The lowest BCUT2D eigenvalue weighted by atomic mass is 9.98. The van der Waals surface area contributed by atoms with Gasteiger partial charge < -0.3 is 9.47 Å². The molecule has 15 heteroatoms. The van der Waals surface area contributed by atoms with Gasteiger partial charge in [0, 0.05) is 19.6 Å². The Morgan fingerprint density at radius 3 is 1.79 bits per heavy atom. The Labute approximate surface area is 150 Å². The van der Waals surface area contributed by atoms with Gasteiger partial charge >= 0.3 is 35.8 Å². The first-order valence-corrected chi connectivity index (χ1v) is 7.51. The standard InChI is InChI=1S/C13H14F11NO3/c14-9(15,7-28-8(26)1-2-25-3-5-27-6-4-25)10(16,17)11(18,19)12(20,21)13(22,23)24/h1-7H2. The molecule has 0 aromatic rings. The van der Waals surface area contributed by atoms with Gasteiger partial charge in [0.15, 0.2) is 6.61 Å². The summed E-state index contributed by atoms with van der Waals surface area (Å²) in [5.74, 6) is -29.9. The van der Waals surface area contributed by atoms with Crippen LogP contribution in [-0.4, -0.2) is 80.2 Å². The van der Waals surface area contributed by atoms with Gasteiger partial charge in [-0.3, -0.25) is 9.69 Å². The van der Waals surface area contributed by atoms with Crippen molar-refractivity contribution in [2.24, 2.45) is 0 Å². The number of hydrogen-bond donors (Lipinski definition) is 0. The van der Waals surface area contributed by atoms with Crippen LogP contribution in [-0.2, 0) is 14.3 Å². The number of halogens is 11. The van der Waals surface area contributed by atoms with Crippen LogP contribution in [0, 0.1) is 0 Å². The van der Waals surface area contributed by atoms with E-state index in [2.05, 4.69) is 4.74 Å². The smallest absolute Gasteiger partial charge is 0.459 e. The molecular formula is C13H14F11NO3. The van der Waals surface area contributed by atoms with Gasteiger partial charge in [0.25, 0.3) is 0 Å². The van der Waals surface area contributed by atoms with E-state index in [1.54, 1.807) is 4.90 Å². The molecule has 0 amide bonds. The molecule has 0 bridgehead atoms. The zero-order valence-electron chi connectivity index (χ0n) is 13.8. The average Bonchev–Trinajstić information content (AvgIpc) is 2.57. The van der Waals surface area contributed by atoms with Gasteiger partial charge in [-0.05, 0) is 0 Å². The van der Waals surface area contributed by atoms with Crippen molar-refractivity contribution in [3.63, 3.8) is 0 Å². The lowest BCUT2D eigenvalue weighted by Crippen LogP contribution is -2.67. The summed E-state index contributed by atoms with van der Waals surface area (Å²) in [5.41, 5.74) is 0. The van der Waals surface area contributed by atoms with Crippen molar-refractivity contribution >= 4 is 5.97 Å². The maximum Gasteiger partial charge on any atom is 0.460 e. The highest BCUT2D eigenvalue weighted by atomic mass is 19.4. The molecule has 166 valence electrons. The summed E-state index contributed by atoms with van der Waals surface area (Å²) >= 11 is 0. The second kappa shape index (κ2) is 8.16. The molecule has 0 aromatic heterocycles. The summed E-state index contributed by atoms with van der Waals surface area (Å²) < 4.78 is 149. The summed E-state index contributed by atoms with van der Waals surface area (Å²) in [6, 6.07) is 0. The van der Waals surface area contributed by atoms with Crippen molar-refractivity contribution < 1.29 is 62.6 Å². The summed E-state index contributed by atoms with van der Waals surface area (Å²) in [5, 5.41) is 0. The van der Waals surface area contributed by atoms with Crippen molar-refractivity contribution in [3.05, 3.63) is 0 Å². The van der Waals surface area contributed by atoms with Gasteiger partial charge in [0.05, 0.1) is 19.6 Å². The van der Waals surface area contributed by atoms with Gasteiger partial charge in [-0.2, -0.15) is 48.3 Å². The first-order valence-electron chi connectivity index (χ1n) is 7.51. The van der Waals surface area contributed by atoms with Crippen molar-refractivity contribution in [3.8, 4) is 0 Å². The molecule has 1 fully saturated rings.